The lowest BCUT2D eigenvalue weighted by atomic mass is 10.4. The summed E-state index contributed by atoms with van der Waals surface area (Å²) in [5.41, 5.74) is 1.92. The molecular weight excluding hydrogens is 124 g/mol. The van der Waals surface area contributed by atoms with E-state index in [1.807, 2.05) is 28.8 Å². The van der Waals surface area contributed by atoms with Crippen LogP contribution in [0.3, 0.4) is 0 Å². The van der Waals surface area contributed by atoms with Crippen LogP contribution in [0.5, 0.6) is 0 Å². The Morgan fingerprint density at radius 2 is 2.30 bits per heavy atom. The normalized spacial score (nSPS) is 10.5. The van der Waals surface area contributed by atoms with E-state index >= 15 is 0 Å². The molecule has 0 unspecified atom stereocenters. The second kappa shape index (κ2) is 1.84. The molecule has 2 heterocycles. The molecule has 0 fully saturated rings. The largest absolute Gasteiger partial charge is 0.304 e. The summed E-state index contributed by atoms with van der Waals surface area (Å²) in [5.74, 6) is 0. The zero-order valence-electron chi connectivity index (χ0n) is 5.49. The molecule has 0 saturated carbocycles. The van der Waals surface area contributed by atoms with E-state index in [2.05, 4.69) is 11.9 Å². The molecule has 0 spiro atoms. The van der Waals surface area contributed by atoms with Crippen molar-refractivity contribution in [2.24, 2.45) is 0 Å². The average molecular weight is 131 g/mol. The lowest BCUT2D eigenvalue weighted by molar-refractivity contribution is 1.14. The third-order valence-corrected chi connectivity index (χ3v) is 1.51. The molecular formula is C8H7N2. The summed E-state index contributed by atoms with van der Waals surface area (Å²) in [6.45, 7) is 3.84. The first-order chi connectivity index (χ1) is 4.88. The van der Waals surface area contributed by atoms with Crippen molar-refractivity contribution in [3.63, 3.8) is 0 Å². The summed E-state index contributed by atoms with van der Waals surface area (Å²) in [6.07, 6.45) is 3.67. The molecule has 0 bridgehead atoms. The first kappa shape index (κ1) is 5.47. The topological polar surface area (TPSA) is 17.3 Å². The molecule has 0 atom stereocenters. The van der Waals surface area contributed by atoms with Crippen molar-refractivity contribution >= 4 is 5.65 Å². The standard InChI is InChI=1S/C8H7N2/c1-7-3-2-4-8-9-5-6-10(7)8/h2-6H,1H2. The highest BCUT2D eigenvalue weighted by Gasteiger charge is 1.92. The van der Waals surface area contributed by atoms with Crippen molar-refractivity contribution in [3.05, 3.63) is 43.2 Å². The van der Waals surface area contributed by atoms with E-state index in [0.717, 1.165) is 11.3 Å². The maximum atomic E-state index is 4.10. The van der Waals surface area contributed by atoms with Gasteiger partial charge in [-0.1, -0.05) is 6.07 Å². The van der Waals surface area contributed by atoms with E-state index in [0.29, 0.717) is 0 Å². The van der Waals surface area contributed by atoms with Gasteiger partial charge in [0.2, 0.25) is 0 Å². The zero-order chi connectivity index (χ0) is 6.97. The van der Waals surface area contributed by atoms with Crippen LogP contribution in [-0.4, -0.2) is 9.38 Å². The van der Waals surface area contributed by atoms with Gasteiger partial charge in [0.05, 0.1) is 0 Å². The Kier molecular flexibility index (Phi) is 1.01. The molecule has 0 aromatic carbocycles. The van der Waals surface area contributed by atoms with Crippen molar-refractivity contribution in [3.8, 4) is 0 Å². The van der Waals surface area contributed by atoms with E-state index in [1.165, 1.54) is 0 Å². The molecule has 49 valence electrons. The summed E-state index contributed by atoms with van der Waals surface area (Å²) in [6, 6.07) is 5.86. The number of hydrogen-bond donors (Lipinski definition) is 0. The molecule has 0 N–H and O–H groups in total. The maximum Gasteiger partial charge on any atom is 0.136 e. The van der Waals surface area contributed by atoms with E-state index in [4.69, 9.17) is 0 Å². The summed E-state index contributed by atoms with van der Waals surface area (Å²) in [7, 11) is 0. The van der Waals surface area contributed by atoms with Crippen LogP contribution in [0.4, 0.5) is 0 Å². The van der Waals surface area contributed by atoms with Crippen LogP contribution in [0.25, 0.3) is 5.65 Å². The van der Waals surface area contributed by atoms with Gasteiger partial charge in [0.1, 0.15) is 5.65 Å². The second-order valence-electron chi connectivity index (χ2n) is 2.17. The summed E-state index contributed by atoms with van der Waals surface area (Å²) in [5, 5.41) is 0. The van der Waals surface area contributed by atoms with Crippen LogP contribution in [0.2, 0.25) is 0 Å². The molecule has 2 aromatic rings. The highest BCUT2D eigenvalue weighted by atomic mass is 15.0. The van der Waals surface area contributed by atoms with E-state index in [9.17, 15) is 0 Å². The Balaban J connectivity index is 2.95. The van der Waals surface area contributed by atoms with Gasteiger partial charge in [0.25, 0.3) is 0 Å². The molecule has 0 aliphatic carbocycles. The van der Waals surface area contributed by atoms with Crippen molar-refractivity contribution in [2.75, 3.05) is 0 Å². The molecule has 2 heteroatoms. The predicted octanol–water partition coefficient (Wildman–Crippen LogP) is 1.52. The number of aromatic nitrogens is 2. The van der Waals surface area contributed by atoms with Crippen LogP contribution in [0.15, 0.2) is 30.6 Å². The number of hydrogen-bond acceptors (Lipinski definition) is 1. The summed E-state index contributed by atoms with van der Waals surface area (Å²) >= 11 is 0. The van der Waals surface area contributed by atoms with Gasteiger partial charge >= 0.3 is 0 Å². The predicted molar refractivity (Wildman–Crippen MR) is 39.7 cm³/mol. The fourth-order valence-electron chi connectivity index (χ4n) is 1.01. The van der Waals surface area contributed by atoms with E-state index < -0.39 is 0 Å². The molecule has 0 aliphatic heterocycles. The Labute approximate surface area is 59.1 Å². The summed E-state index contributed by atoms with van der Waals surface area (Å²) in [4.78, 5) is 4.10. The molecule has 0 amide bonds. The third-order valence-electron chi connectivity index (χ3n) is 1.51. The van der Waals surface area contributed by atoms with E-state index in [-0.39, 0.29) is 0 Å². The third kappa shape index (κ3) is 0.620. The van der Waals surface area contributed by atoms with Crippen LogP contribution in [0.1, 0.15) is 5.69 Å². The molecule has 2 rings (SSSR count). The summed E-state index contributed by atoms with van der Waals surface area (Å²) < 4.78 is 1.94. The first-order valence-corrected chi connectivity index (χ1v) is 3.12. The molecule has 1 radical (unpaired) electrons. The monoisotopic (exact) mass is 131 g/mol. The van der Waals surface area contributed by atoms with Gasteiger partial charge in [-0.15, -0.1) is 0 Å². The number of fused-ring (bicyclic) bond motifs is 1. The Morgan fingerprint density at radius 3 is 3.10 bits per heavy atom. The lowest BCUT2D eigenvalue weighted by Gasteiger charge is -1.95. The molecule has 0 aliphatic rings. The molecule has 2 nitrogen and oxygen atoms in total. The highest BCUT2D eigenvalue weighted by molar-refractivity contribution is 5.40. The van der Waals surface area contributed by atoms with Crippen molar-refractivity contribution < 1.29 is 0 Å². The van der Waals surface area contributed by atoms with Crippen LogP contribution >= 0.6 is 0 Å². The minimum absolute atomic E-state index is 0.951. The number of imidazole rings is 1. The maximum absolute atomic E-state index is 4.10. The number of rotatable bonds is 0. The number of nitrogens with zero attached hydrogens (tertiary/aromatic N) is 2. The van der Waals surface area contributed by atoms with Crippen LogP contribution in [0, 0.1) is 6.92 Å². The fraction of sp³-hybridized carbons (Fsp3) is 0. The van der Waals surface area contributed by atoms with Gasteiger partial charge < -0.3 is 4.40 Å². The van der Waals surface area contributed by atoms with Crippen molar-refractivity contribution in [1.29, 1.82) is 0 Å². The van der Waals surface area contributed by atoms with Gasteiger partial charge in [-0.25, -0.2) is 4.98 Å². The lowest BCUT2D eigenvalue weighted by Crippen LogP contribution is -1.86. The van der Waals surface area contributed by atoms with Crippen LogP contribution < -0.4 is 0 Å². The van der Waals surface area contributed by atoms with Crippen LogP contribution in [-0.2, 0) is 0 Å². The number of pyridine rings is 1. The van der Waals surface area contributed by atoms with Gasteiger partial charge in [-0.05, 0) is 19.1 Å². The molecule has 0 saturated heterocycles. The highest BCUT2D eigenvalue weighted by Crippen LogP contribution is 2.02. The van der Waals surface area contributed by atoms with Crippen molar-refractivity contribution in [2.45, 2.75) is 0 Å². The quantitative estimate of drug-likeness (QED) is 0.529. The van der Waals surface area contributed by atoms with Crippen molar-refractivity contribution in [1.82, 2.24) is 9.38 Å². The van der Waals surface area contributed by atoms with E-state index in [1.54, 1.807) is 6.20 Å². The zero-order valence-corrected chi connectivity index (χ0v) is 5.49. The Hall–Kier alpha value is -1.31. The van der Waals surface area contributed by atoms with Gasteiger partial charge in [0.15, 0.2) is 0 Å². The van der Waals surface area contributed by atoms with Gasteiger partial charge in [-0.3, -0.25) is 0 Å². The van der Waals surface area contributed by atoms with Gasteiger partial charge in [0, 0.05) is 18.1 Å². The minimum Gasteiger partial charge on any atom is -0.304 e. The minimum atomic E-state index is 0.951. The smallest absolute Gasteiger partial charge is 0.136 e. The second-order valence-corrected chi connectivity index (χ2v) is 2.17. The van der Waals surface area contributed by atoms with Gasteiger partial charge in [-0.2, -0.15) is 0 Å². The SMILES string of the molecule is [CH2]c1cccc2nccn12. The fourth-order valence-corrected chi connectivity index (χ4v) is 1.01. The molecule has 10 heavy (non-hydrogen) atoms. The first-order valence-electron chi connectivity index (χ1n) is 3.12. The Bertz CT molecular complexity index is 349. The molecule has 2 aromatic heterocycles. The Morgan fingerprint density at radius 1 is 1.40 bits per heavy atom. The average Bonchev–Trinajstić information content (AvgIpc) is 2.36.